The van der Waals surface area contributed by atoms with Crippen LogP contribution in [0.25, 0.3) is 10.6 Å². The molecule has 3 rings (SSSR count). The van der Waals surface area contributed by atoms with Gasteiger partial charge >= 0.3 is 0 Å². The summed E-state index contributed by atoms with van der Waals surface area (Å²) in [6, 6.07) is 7.91. The molecule has 0 saturated heterocycles. The van der Waals surface area contributed by atoms with Crippen LogP contribution in [-0.2, 0) is 0 Å². The average Bonchev–Trinajstić information content (AvgIpc) is 3.05. The number of ether oxygens (including phenoxy) is 1. The molecule has 0 spiro atoms. The molecular formula is C17H11F3N2O2S. The van der Waals surface area contributed by atoms with Crippen LogP contribution in [0.1, 0.15) is 10.5 Å². The zero-order chi connectivity index (χ0) is 18.0. The average molecular weight is 364 g/mol. The number of rotatable bonds is 4. The molecular weight excluding hydrogens is 353 g/mol. The number of hydrogen-bond acceptors (Lipinski definition) is 4. The van der Waals surface area contributed by atoms with Gasteiger partial charge in [0.1, 0.15) is 16.5 Å². The molecule has 1 heterocycles. The highest BCUT2D eigenvalue weighted by atomic mass is 32.1. The van der Waals surface area contributed by atoms with E-state index < -0.39 is 29.1 Å². The van der Waals surface area contributed by atoms with Crippen LogP contribution < -0.4 is 10.1 Å². The molecule has 0 radical (unpaired) electrons. The maximum Gasteiger partial charge on any atom is 0.275 e. The van der Waals surface area contributed by atoms with Crippen LogP contribution in [-0.4, -0.2) is 18.0 Å². The number of hydrogen-bond donors (Lipinski definition) is 1. The molecule has 25 heavy (non-hydrogen) atoms. The van der Waals surface area contributed by atoms with E-state index in [-0.39, 0.29) is 16.9 Å². The van der Waals surface area contributed by atoms with Gasteiger partial charge in [-0.3, -0.25) is 4.79 Å². The Morgan fingerprint density at radius 2 is 1.80 bits per heavy atom. The summed E-state index contributed by atoms with van der Waals surface area (Å²) in [5.41, 5.74) is 0.203. The lowest BCUT2D eigenvalue weighted by atomic mass is 10.2. The third-order valence-electron chi connectivity index (χ3n) is 3.30. The van der Waals surface area contributed by atoms with Gasteiger partial charge in [-0.15, -0.1) is 11.3 Å². The number of benzene rings is 2. The molecule has 0 fully saturated rings. The van der Waals surface area contributed by atoms with E-state index in [1.54, 1.807) is 18.2 Å². The lowest BCUT2D eigenvalue weighted by Gasteiger charge is -2.07. The molecule has 0 aliphatic rings. The molecule has 3 aromatic rings. The van der Waals surface area contributed by atoms with Crippen LogP contribution in [0.3, 0.4) is 0 Å². The van der Waals surface area contributed by atoms with E-state index in [0.717, 1.165) is 30.6 Å². The van der Waals surface area contributed by atoms with Crippen molar-refractivity contribution in [3.8, 4) is 16.3 Å². The van der Waals surface area contributed by atoms with Crippen molar-refractivity contribution < 1.29 is 22.7 Å². The summed E-state index contributed by atoms with van der Waals surface area (Å²) >= 11 is 1.09. The summed E-state index contributed by atoms with van der Waals surface area (Å²) in [6.45, 7) is 0. The summed E-state index contributed by atoms with van der Waals surface area (Å²) in [4.78, 5) is 16.3. The highest BCUT2D eigenvalue weighted by Crippen LogP contribution is 2.28. The molecule has 2 aromatic carbocycles. The zero-order valence-electron chi connectivity index (χ0n) is 12.8. The van der Waals surface area contributed by atoms with Crippen LogP contribution in [0.4, 0.5) is 18.9 Å². The number of methoxy groups -OCH3 is 1. The Bertz CT molecular complexity index is 920. The van der Waals surface area contributed by atoms with Gasteiger partial charge < -0.3 is 10.1 Å². The third kappa shape index (κ3) is 3.48. The Morgan fingerprint density at radius 1 is 1.12 bits per heavy atom. The number of nitrogens with one attached hydrogen (secondary N) is 1. The van der Waals surface area contributed by atoms with E-state index in [2.05, 4.69) is 15.0 Å². The van der Waals surface area contributed by atoms with Crippen LogP contribution in [0, 0.1) is 17.5 Å². The van der Waals surface area contributed by atoms with Crippen LogP contribution >= 0.6 is 11.3 Å². The molecule has 0 saturated carbocycles. The molecule has 4 nitrogen and oxygen atoms in total. The molecule has 128 valence electrons. The van der Waals surface area contributed by atoms with Gasteiger partial charge in [0, 0.05) is 28.8 Å². The number of carbonyl (C=O) groups is 1. The summed E-state index contributed by atoms with van der Waals surface area (Å²) in [7, 11) is 1.14. The third-order valence-corrected chi connectivity index (χ3v) is 4.18. The number of halogens is 3. The molecule has 1 amide bonds. The number of anilines is 1. The topological polar surface area (TPSA) is 51.2 Å². The lowest BCUT2D eigenvalue weighted by Crippen LogP contribution is -2.13. The summed E-state index contributed by atoms with van der Waals surface area (Å²) in [6.07, 6.45) is 0. The molecule has 0 unspecified atom stereocenters. The molecule has 0 bridgehead atoms. The van der Waals surface area contributed by atoms with Crippen molar-refractivity contribution in [2.45, 2.75) is 0 Å². The van der Waals surface area contributed by atoms with Gasteiger partial charge in [0.15, 0.2) is 17.4 Å². The molecule has 1 N–H and O–H groups in total. The fourth-order valence-electron chi connectivity index (χ4n) is 2.16. The van der Waals surface area contributed by atoms with Crippen LogP contribution in [0.15, 0.2) is 41.8 Å². The molecule has 0 atom stereocenters. The first-order chi connectivity index (χ1) is 12.0. The number of thiazole rings is 1. The fraction of sp³-hybridized carbons (Fsp3) is 0.0588. The van der Waals surface area contributed by atoms with Crippen LogP contribution in [0.5, 0.6) is 5.75 Å². The predicted octanol–water partition coefficient (Wildman–Crippen LogP) is 4.49. The van der Waals surface area contributed by atoms with Crippen LogP contribution in [0.2, 0.25) is 0 Å². The van der Waals surface area contributed by atoms with E-state index in [4.69, 9.17) is 0 Å². The van der Waals surface area contributed by atoms with Gasteiger partial charge in [0.25, 0.3) is 5.91 Å². The minimum absolute atomic E-state index is 0.0138. The van der Waals surface area contributed by atoms with Gasteiger partial charge in [-0.05, 0) is 12.1 Å². The second kappa shape index (κ2) is 6.94. The monoisotopic (exact) mass is 364 g/mol. The first-order valence-corrected chi connectivity index (χ1v) is 7.92. The van der Waals surface area contributed by atoms with Crippen molar-refractivity contribution in [3.05, 3.63) is 64.9 Å². The first-order valence-electron chi connectivity index (χ1n) is 7.04. The fourth-order valence-corrected chi connectivity index (χ4v) is 2.99. The van der Waals surface area contributed by atoms with Crippen molar-refractivity contribution in [2.24, 2.45) is 0 Å². The van der Waals surface area contributed by atoms with Gasteiger partial charge in [-0.2, -0.15) is 0 Å². The van der Waals surface area contributed by atoms with E-state index >= 15 is 0 Å². The van der Waals surface area contributed by atoms with Gasteiger partial charge in [0.2, 0.25) is 0 Å². The SMILES string of the molecule is COc1c(F)cc(NC(=O)c2csc(-c3ccccc3F)n2)cc1F. The maximum atomic E-state index is 13.8. The second-order valence-corrected chi connectivity index (χ2v) is 5.80. The highest BCUT2D eigenvalue weighted by molar-refractivity contribution is 7.13. The minimum atomic E-state index is -0.942. The Balaban J connectivity index is 1.82. The summed E-state index contributed by atoms with van der Waals surface area (Å²) in [5.74, 6) is -3.54. The zero-order valence-corrected chi connectivity index (χ0v) is 13.7. The normalized spacial score (nSPS) is 10.6. The number of carbonyl (C=O) groups excluding carboxylic acids is 1. The van der Waals surface area contributed by atoms with Crippen molar-refractivity contribution in [3.63, 3.8) is 0 Å². The molecule has 0 aliphatic heterocycles. The Hall–Kier alpha value is -2.87. The summed E-state index contributed by atoms with van der Waals surface area (Å²) in [5, 5.41) is 4.11. The second-order valence-electron chi connectivity index (χ2n) is 4.95. The smallest absolute Gasteiger partial charge is 0.275 e. The number of aromatic nitrogens is 1. The number of amides is 1. The lowest BCUT2D eigenvalue weighted by molar-refractivity contribution is 0.102. The minimum Gasteiger partial charge on any atom is -0.491 e. The first kappa shape index (κ1) is 17.0. The van der Waals surface area contributed by atoms with E-state index in [1.165, 1.54) is 11.4 Å². The molecule has 8 heteroatoms. The van der Waals surface area contributed by atoms with Crippen molar-refractivity contribution in [1.29, 1.82) is 0 Å². The Labute approximate surface area is 144 Å². The summed E-state index contributed by atoms with van der Waals surface area (Å²) < 4.78 is 45.7. The molecule has 1 aromatic heterocycles. The van der Waals surface area contributed by atoms with E-state index in [1.807, 2.05) is 0 Å². The quantitative estimate of drug-likeness (QED) is 0.742. The van der Waals surface area contributed by atoms with Crippen molar-refractivity contribution >= 4 is 22.9 Å². The Kier molecular flexibility index (Phi) is 4.71. The predicted molar refractivity (Wildman–Crippen MR) is 88.4 cm³/mol. The van der Waals surface area contributed by atoms with E-state index in [0.29, 0.717) is 5.01 Å². The van der Waals surface area contributed by atoms with E-state index in [9.17, 15) is 18.0 Å². The standard InChI is InChI=1S/C17H11F3N2O2S/c1-24-15-12(19)6-9(7-13(15)20)21-16(23)14-8-25-17(22-14)10-4-2-3-5-11(10)18/h2-8H,1H3,(H,21,23). The van der Waals surface area contributed by atoms with Gasteiger partial charge in [-0.25, -0.2) is 18.2 Å². The van der Waals surface area contributed by atoms with Crippen molar-refractivity contribution in [1.82, 2.24) is 4.98 Å². The van der Waals surface area contributed by atoms with Gasteiger partial charge in [-0.1, -0.05) is 12.1 Å². The van der Waals surface area contributed by atoms with Crippen molar-refractivity contribution in [2.75, 3.05) is 12.4 Å². The Morgan fingerprint density at radius 3 is 2.44 bits per heavy atom. The number of nitrogens with zero attached hydrogens (tertiary/aromatic N) is 1. The maximum absolute atomic E-state index is 13.8. The largest absolute Gasteiger partial charge is 0.491 e. The highest BCUT2D eigenvalue weighted by Gasteiger charge is 2.17. The molecule has 0 aliphatic carbocycles. The van der Waals surface area contributed by atoms with Gasteiger partial charge in [0.05, 0.1) is 7.11 Å².